The van der Waals surface area contributed by atoms with Gasteiger partial charge in [-0.05, 0) is 63.0 Å². The van der Waals surface area contributed by atoms with E-state index in [1.165, 1.54) is 23.5 Å². The van der Waals surface area contributed by atoms with E-state index in [0.29, 0.717) is 11.1 Å². The highest BCUT2D eigenvalue weighted by molar-refractivity contribution is 7.90. The fraction of sp³-hybridized carbons (Fsp3) is 0.487. The smallest absolute Gasteiger partial charge is 0.214 e. The van der Waals surface area contributed by atoms with Gasteiger partial charge >= 0.3 is 0 Å². The van der Waals surface area contributed by atoms with Gasteiger partial charge in [0.1, 0.15) is 17.5 Å². The van der Waals surface area contributed by atoms with Crippen molar-refractivity contribution in [2.75, 3.05) is 0 Å². The lowest BCUT2D eigenvalue weighted by atomic mass is 9.84. The average molecular weight is 679 g/mol. The van der Waals surface area contributed by atoms with E-state index in [4.69, 9.17) is 4.84 Å². The maximum atomic E-state index is 11.2. The van der Waals surface area contributed by atoms with Crippen molar-refractivity contribution in [2.24, 2.45) is 22.4 Å². The molecule has 1 aromatic heterocycles. The molecule has 264 valence electrons. The summed E-state index contributed by atoms with van der Waals surface area (Å²) in [4.78, 5) is 24.4. The first-order valence-corrected chi connectivity index (χ1v) is 18.2. The molecule has 48 heavy (non-hydrogen) atoms. The van der Waals surface area contributed by atoms with E-state index >= 15 is 0 Å². The molecule has 0 spiro atoms. The summed E-state index contributed by atoms with van der Waals surface area (Å²) in [5, 5.41) is 4.23. The molecular formula is C39H58N4O4S. The van der Waals surface area contributed by atoms with Crippen molar-refractivity contribution in [3.05, 3.63) is 97.1 Å². The van der Waals surface area contributed by atoms with Crippen LogP contribution in [0.1, 0.15) is 111 Å². The molecule has 2 aliphatic carbocycles. The Morgan fingerprint density at radius 1 is 0.854 bits per heavy atom. The van der Waals surface area contributed by atoms with Crippen molar-refractivity contribution in [1.82, 2.24) is 14.7 Å². The lowest BCUT2D eigenvalue weighted by molar-refractivity contribution is 0.0863. The number of hydrogen-bond acceptors (Lipinski definition) is 7. The third-order valence-electron chi connectivity index (χ3n) is 7.44. The predicted octanol–water partition coefficient (Wildman–Crippen LogP) is 9.13. The number of hydrogen-bond donors (Lipinski definition) is 1. The van der Waals surface area contributed by atoms with Crippen LogP contribution in [-0.4, -0.2) is 47.3 Å². The van der Waals surface area contributed by atoms with Gasteiger partial charge in [0.05, 0.1) is 11.4 Å². The first kappa shape index (κ1) is 42.3. The van der Waals surface area contributed by atoms with Crippen LogP contribution in [0.15, 0.2) is 85.4 Å². The number of Topliss-reactive ketones (excluding diaryl/α,β-unsaturated/α-hetero) is 1. The van der Waals surface area contributed by atoms with Gasteiger partial charge in [-0.1, -0.05) is 102 Å². The predicted molar refractivity (Wildman–Crippen MR) is 201 cm³/mol. The number of aromatic nitrogens is 2. The van der Waals surface area contributed by atoms with Crippen LogP contribution in [0.4, 0.5) is 0 Å². The van der Waals surface area contributed by atoms with Gasteiger partial charge in [0.15, 0.2) is 5.78 Å². The second-order valence-corrected chi connectivity index (χ2v) is 15.8. The standard InChI is InChI=1S/C16H15NO.C8H10N2O.C7H16.C6H13NO2S.C2H4/c1-11(2)18-17-16-14-9-5-3-7-12(14)13-8-4-6-10-15(13)16;1-6(2)8(11)7-5-9-3-4-10-7;1-6(2)7(3,4)5;1-5(2)7-10(8,9)6-3-4-6;1-2/h3-11H,1-2H3;3-6H,1-2H3;6H,1-5H3;5-7H,3-4H2,1-2H3;1-2H2. The largest absolute Gasteiger partial charge is 0.393 e. The summed E-state index contributed by atoms with van der Waals surface area (Å²) in [5.41, 5.74) is 6.66. The number of carbonyl (C=O) groups is 1. The highest BCUT2D eigenvalue weighted by Gasteiger charge is 2.35. The number of oxime groups is 1. The summed E-state index contributed by atoms with van der Waals surface area (Å²) in [6.07, 6.45) is 6.33. The van der Waals surface area contributed by atoms with Crippen LogP contribution in [0.25, 0.3) is 11.1 Å². The minimum Gasteiger partial charge on any atom is -0.393 e. The van der Waals surface area contributed by atoms with Gasteiger partial charge in [0.25, 0.3) is 0 Å². The molecule has 1 N–H and O–H groups in total. The normalized spacial score (nSPS) is 13.0. The van der Waals surface area contributed by atoms with E-state index in [2.05, 4.69) is 104 Å². The zero-order valence-corrected chi connectivity index (χ0v) is 31.8. The van der Waals surface area contributed by atoms with Crippen molar-refractivity contribution >= 4 is 21.5 Å². The molecule has 0 atom stereocenters. The van der Waals surface area contributed by atoms with E-state index in [1.807, 2.05) is 53.7 Å². The third kappa shape index (κ3) is 14.2. The van der Waals surface area contributed by atoms with Crippen molar-refractivity contribution in [3.63, 3.8) is 0 Å². The van der Waals surface area contributed by atoms with Crippen LogP contribution in [0, 0.1) is 17.3 Å². The first-order valence-electron chi connectivity index (χ1n) is 16.7. The fourth-order valence-electron chi connectivity index (χ4n) is 3.78. The Morgan fingerprint density at radius 3 is 1.65 bits per heavy atom. The number of benzene rings is 2. The molecule has 2 aromatic carbocycles. The van der Waals surface area contributed by atoms with E-state index < -0.39 is 10.0 Å². The second-order valence-electron chi connectivity index (χ2n) is 13.8. The molecule has 0 unspecified atom stereocenters. The Bertz CT molecular complexity index is 1490. The van der Waals surface area contributed by atoms with E-state index in [-0.39, 0.29) is 29.1 Å². The second kappa shape index (κ2) is 20.0. The number of nitrogens with one attached hydrogen (secondary N) is 1. The van der Waals surface area contributed by atoms with Crippen molar-refractivity contribution in [1.29, 1.82) is 0 Å². The number of rotatable bonds is 7. The number of carbonyl (C=O) groups excluding carboxylic acids is 1. The van der Waals surface area contributed by atoms with Crippen LogP contribution in [0.3, 0.4) is 0 Å². The lowest BCUT2D eigenvalue weighted by Crippen LogP contribution is -2.32. The Kier molecular flexibility index (Phi) is 17.6. The molecule has 0 radical (unpaired) electrons. The Morgan fingerprint density at radius 2 is 1.31 bits per heavy atom. The van der Waals surface area contributed by atoms with Gasteiger partial charge in [0, 0.05) is 35.5 Å². The minimum absolute atomic E-state index is 0.00769. The molecule has 9 heteroatoms. The van der Waals surface area contributed by atoms with E-state index in [1.54, 1.807) is 6.20 Å². The average Bonchev–Trinajstić information content (AvgIpc) is 3.85. The summed E-state index contributed by atoms with van der Waals surface area (Å²) in [6.45, 7) is 28.6. The number of fused-ring (bicyclic) bond motifs is 3. The van der Waals surface area contributed by atoms with Crippen LogP contribution >= 0.6 is 0 Å². The monoisotopic (exact) mass is 678 g/mol. The number of ketones is 1. The van der Waals surface area contributed by atoms with Crippen LogP contribution in [0.2, 0.25) is 0 Å². The van der Waals surface area contributed by atoms with Crippen LogP contribution < -0.4 is 4.72 Å². The van der Waals surface area contributed by atoms with Gasteiger partial charge in [-0.2, -0.15) is 0 Å². The molecule has 0 amide bonds. The molecule has 0 aliphatic heterocycles. The topological polar surface area (TPSA) is 111 Å². The van der Waals surface area contributed by atoms with E-state index in [9.17, 15) is 13.2 Å². The molecule has 1 saturated carbocycles. The number of sulfonamides is 1. The quantitative estimate of drug-likeness (QED) is 0.119. The number of nitrogens with zero attached hydrogens (tertiary/aromatic N) is 3. The summed E-state index contributed by atoms with van der Waals surface area (Å²) in [5.74, 6) is 0.831. The molecule has 3 aromatic rings. The molecule has 0 bridgehead atoms. The van der Waals surface area contributed by atoms with Crippen molar-refractivity contribution < 1.29 is 18.0 Å². The van der Waals surface area contributed by atoms with Gasteiger partial charge in [-0.15, -0.1) is 13.2 Å². The SMILES string of the molecule is C=C.CC(C)C(=O)c1cnccn1.CC(C)C(C)(C)C.CC(C)NS(=O)(=O)C1CC1.CC(C)ON=C1c2ccccc2-c2ccccc21. The van der Waals surface area contributed by atoms with Crippen molar-refractivity contribution in [3.8, 4) is 11.1 Å². The maximum Gasteiger partial charge on any atom is 0.214 e. The van der Waals surface area contributed by atoms with Crippen LogP contribution in [-0.2, 0) is 14.9 Å². The summed E-state index contributed by atoms with van der Waals surface area (Å²) in [7, 11) is -2.94. The molecule has 2 aliphatic rings. The molecular weight excluding hydrogens is 621 g/mol. The van der Waals surface area contributed by atoms with E-state index in [0.717, 1.165) is 35.6 Å². The third-order valence-corrected chi connectivity index (χ3v) is 9.59. The Balaban J connectivity index is 0.000000335. The van der Waals surface area contributed by atoms with Gasteiger partial charge in [0.2, 0.25) is 10.0 Å². The lowest BCUT2D eigenvalue weighted by Gasteiger charge is -2.22. The van der Waals surface area contributed by atoms with Crippen molar-refractivity contribution in [2.45, 2.75) is 106 Å². The van der Waals surface area contributed by atoms with Gasteiger partial charge in [-0.25, -0.2) is 18.1 Å². The summed E-state index contributed by atoms with van der Waals surface area (Å²) >= 11 is 0. The zero-order valence-electron chi connectivity index (χ0n) is 30.9. The molecule has 1 fully saturated rings. The highest BCUT2D eigenvalue weighted by atomic mass is 32.2. The fourth-order valence-corrected chi connectivity index (χ4v) is 5.38. The first-order chi connectivity index (χ1) is 22.5. The molecule has 8 nitrogen and oxygen atoms in total. The molecule has 0 saturated heterocycles. The Labute approximate surface area is 290 Å². The van der Waals surface area contributed by atoms with Gasteiger partial charge in [-0.3, -0.25) is 9.78 Å². The summed E-state index contributed by atoms with van der Waals surface area (Å²) in [6, 6.07) is 16.7. The minimum atomic E-state index is -2.94. The Hall–Kier alpha value is -3.69. The van der Waals surface area contributed by atoms with Gasteiger partial charge < -0.3 is 4.84 Å². The molecule has 1 heterocycles. The maximum absolute atomic E-state index is 11.2. The molecule has 5 rings (SSSR count). The zero-order chi connectivity index (χ0) is 36.7. The highest BCUT2D eigenvalue weighted by Crippen LogP contribution is 2.36. The van der Waals surface area contributed by atoms with Crippen LogP contribution in [0.5, 0.6) is 0 Å². The summed E-state index contributed by atoms with van der Waals surface area (Å²) < 4.78 is 24.7.